The molecule has 1 saturated heterocycles. The molecule has 92 valence electrons. The van der Waals surface area contributed by atoms with Crippen molar-refractivity contribution in [2.24, 2.45) is 0 Å². The van der Waals surface area contributed by atoms with E-state index in [4.69, 9.17) is 0 Å². The van der Waals surface area contributed by atoms with Gasteiger partial charge in [-0.15, -0.1) is 0 Å². The molecule has 1 fully saturated rings. The van der Waals surface area contributed by atoms with Crippen LogP contribution >= 0.6 is 0 Å². The van der Waals surface area contributed by atoms with Crippen molar-refractivity contribution < 1.29 is 0 Å². The maximum absolute atomic E-state index is 3.31. The van der Waals surface area contributed by atoms with Crippen molar-refractivity contribution in [2.45, 2.75) is 25.3 Å². The Labute approximate surface area is 107 Å². The summed E-state index contributed by atoms with van der Waals surface area (Å²) in [5.74, 6) is 0. The predicted molar refractivity (Wildman–Crippen MR) is 75.5 cm³/mol. The second kappa shape index (κ2) is 3.99. The molecule has 0 aliphatic carbocycles. The Morgan fingerprint density at radius 1 is 1.17 bits per heavy atom. The molecular weight excluding hydrogens is 220 g/mol. The summed E-state index contributed by atoms with van der Waals surface area (Å²) in [6, 6.07) is 9.63. The van der Waals surface area contributed by atoms with Crippen LogP contribution in [0, 0.1) is 0 Å². The Bertz CT molecular complexity index is 608. The van der Waals surface area contributed by atoms with Crippen LogP contribution in [-0.4, -0.2) is 29.0 Å². The first kappa shape index (κ1) is 10.4. The number of rotatable bonds is 1. The summed E-state index contributed by atoms with van der Waals surface area (Å²) in [4.78, 5) is 5.93. The van der Waals surface area contributed by atoms with Crippen LogP contribution in [0.15, 0.2) is 36.5 Å². The molecular formula is C16H18N2. The van der Waals surface area contributed by atoms with Gasteiger partial charge in [-0.3, -0.25) is 4.90 Å². The number of hydrogen-bond donors (Lipinski definition) is 1. The average Bonchev–Trinajstić information content (AvgIpc) is 3.05. The van der Waals surface area contributed by atoms with E-state index < -0.39 is 0 Å². The molecule has 18 heavy (non-hydrogen) atoms. The zero-order valence-electron chi connectivity index (χ0n) is 10.5. The number of nitrogens with zero attached hydrogens (tertiary/aromatic N) is 1. The van der Waals surface area contributed by atoms with E-state index >= 15 is 0 Å². The van der Waals surface area contributed by atoms with Gasteiger partial charge in [0.25, 0.3) is 0 Å². The van der Waals surface area contributed by atoms with Crippen LogP contribution in [0.2, 0.25) is 0 Å². The second-order valence-electron chi connectivity index (χ2n) is 5.47. The molecule has 0 saturated carbocycles. The number of hydrogen-bond acceptors (Lipinski definition) is 1. The third kappa shape index (κ3) is 1.60. The lowest BCUT2D eigenvalue weighted by Crippen LogP contribution is -2.32. The molecule has 2 aromatic rings. The number of aromatic amines is 1. The van der Waals surface area contributed by atoms with E-state index in [0.29, 0.717) is 6.04 Å². The van der Waals surface area contributed by atoms with Gasteiger partial charge in [-0.25, -0.2) is 0 Å². The molecule has 1 atom stereocenters. The summed E-state index contributed by atoms with van der Waals surface area (Å²) < 4.78 is 0. The van der Waals surface area contributed by atoms with Gasteiger partial charge in [-0.1, -0.05) is 18.2 Å². The normalized spacial score (nSPS) is 24.2. The molecule has 0 bridgehead atoms. The Morgan fingerprint density at radius 2 is 2.17 bits per heavy atom. The predicted octanol–water partition coefficient (Wildman–Crippen LogP) is 3.42. The van der Waals surface area contributed by atoms with E-state index in [1.807, 2.05) is 6.20 Å². The lowest BCUT2D eigenvalue weighted by atomic mass is 9.95. The first-order valence-corrected chi connectivity index (χ1v) is 6.92. The van der Waals surface area contributed by atoms with Crippen molar-refractivity contribution in [1.29, 1.82) is 0 Å². The van der Waals surface area contributed by atoms with Crippen molar-refractivity contribution in [1.82, 2.24) is 9.88 Å². The SMILES string of the molecule is C1=C(c2ccc3cc[nH]c3c2)CCN2CCC[C@H]12. The molecule has 2 heteroatoms. The van der Waals surface area contributed by atoms with Gasteiger partial charge in [-0.05, 0) is 54.5 Å². The maximum Gasteiger partial charge on any atom is 0.0460 e. The highest BCUT2D eigenvalue weighted by molar-refractivity contribution is 5.84. The van der Waals surface area contributed by atoms with Crippen molar-refractivity contribution in [3.8, 4) is 0 Å². The molecule has 1 N–H and O–H groups in total. The number of aromatic nitrogens is 1. The topological polar surface area (TPSA) is 19.0 Å². The Morgan fingerprint density at radius 3 is 3.17 bits per heavy atom. The van der Waals surface area contributed by atoms with Crippen molar-refractivity contribution in [3.63, 3.8) is 0 Å². The summed E-state index contributed by atoms with van der Waals surface area (Å²) in [6.45, 7) is 2.53. The standard InChI is InChI=1S/C16H18N2/c1-2-15-10-14(6-9-18(15)8-1)13-4-3-12-5-7-17-16(12)11-13/h3-5,7,10-11,15,17H,1-2,6,8-9H2/t15-/m1/s1. The van der Waals surface area contributed by atoms with Gasteiger partial charge < -0.3 is 4.98 Å². The fraction of sp³-hybridized carbons (Fsp3) is 0.375. The molecule has 4 rings (SSSR count). The van der Waals surface area contributed by atoms with Crippen LogP contribution in [0.1, 0.15) is 24.8 Å². The summed E-state index contributed by atoms with van der Waals surface area (Å²) >= 11 is 0. The van der Waals surface area contributed by atoms with Crippen LogP contribution in [0.4, 0.5) is 0 Å². The fourth-order valence-electron chi connectivity index (χ4n) is 3.39. The average molecular weight is 238 g/mol. The fourth-order valence-corrected chi connectivity index (χ4v) is 3.39. The van der Waals surface area contributed by atoms with Crippen LogP contribution in [0.3, 0.4) is 0 Å². The van der Waals surface area contributed by atoms with Crippen LogP contribution in [0.5, 0.6) is 0 Å². The number of nitrogens with one attached hydrogen (secondary N) is 1. The molecule has 0 amide bonds. The molecule has 0 radical (unpaired) electrons. The lowest BCUT2D eigenvalue weighted by molar-refractivity contribution is 0.288. The maximum atomic E-state index is 3.31. The highest BCUT2D eigenvalue weighted by atomic mass is 15.2. The van der Waals surface area contributed by atoms with Gasteiger partial charge in [-0.2, -0.15) is 0 Å². The summed E-state index contributed by atoms with van der Waals surface area (Å²) in [7, 11) is 0. The highest BCUT2D eigenvalue weighted by Crippen LogP contribution is 2.31. The van der Waals surface area contributed by atoms with E-state index in [1.54, 1.807) is 0 Å². The summed E-state index contributed by atoms with van der Waals surface area (Å²) in [5.41, 5.74) is 4.19. The van der Waals surface area contributed by atoms with Crippen molar-refractivity contribution in [2.75, 3.05) is 13.1 Å². The van der Waals surface area contributed by atoms with Gasteiger partial charge >= 0.3 is 0 Å². The largest absolute Gasteiger partial charge is 0.361 e. The molecule has 2 aliphatic heterocycles. The van der Waals surface area contributed by atoms with Crippen LogP contribution < -0.4 is 0 Å². The Balaban J connectivity index is 1.73. The van der Waals surface area contributed by atoms with Crippen LogP contribution in [0.25, 0.3) is 16.5 Å². The Kier molecular flexibility index (Phi) is 2.30. The van der Waals surface area contributed by atoms with Gasteiger partial charge in [0.2, 0.25) is 0 Å². The minimum Gasteiger partial charge on any atom is -0.361 e. The van der Waals surface area contributed by atoms with E-state index in [1.165, 1.54) is 54.4 Å². The third-order valence-corrected chi connectivity index (χ3v) is 4.40. The molecule has 1 aromatic carbocycles. The van der Waals surface area contributed by atoms with Gasteiger partial charge in [0, 0.05) is 24.3 Å². The zero-order valence-corrected chi connectivity index (χ0v) is 10.5. The molecule has 3 heterocycles. The third-order valence-electron chi connectivity index (χ3n) is 4.40. The first-order valence-electron chi connectivity index (χ1n) is 6.92. The molecule has 2 aliphatic rings. The van der Waals surface area contributed by atoms with E-state index in [9.17, 15) is 0 Å². The van der Waals surface area contributed by atoms with Crippen LogP contribution in [-0.2, 0) is 0 Å². The minimum atomic E-state index is 0.702. The quantitative estimate of drug-likeness (QED) is 0.806. The van der Waals surface area contributed by atoms with E-state index in [-0.39, 0.29) is 0 Å². The molecule has 0 unspecified atom stereocenters. The monoisotopic (exact) mass is 238 g/mol. The number of fused-ring (bicyclic) bond motifs is 2. The first-order chi connectivity index (χ1) is 8.90. The van der Waals surface area contributed by atoms with E-state index in [2.05, 4.69) is 40.2 Å². The lowest BCUT2D eigenvalue weighted by Gasteiger charge is -2.28. The minimum absolute atomic E-state index is 0.702. The highest BCUT2D eigenvalue weighted by Gasteiger charge is 2.26. The van der Waals surface area contributed by atoms with Gasteiger partial charge in [0.15, 0.2) is 0 Å². The number of benzene rings is 1. The number of H-pyrrole nitrogens is 1. The summed E-state index contributed by atoms with van der Waals surface area (Å²) in [5, 5.41) is 1.30. The van der Waals surface area contributed by atoms with Gasteiger partial charge in [0.05, 0.1) is 0 Å². The van der Waals surface area contributed by atoms with Crippen molar-refractivity contribution in [3.05, 3.63) is 42.1 Å². The summed E-state index contributed by atoms with van der Waals surface area (Å²) in [6.07, 6.45) is 8.42. The van der Waals surface area contributed by atoms with Gasteiger partial charge in [0.1, 0.15) is 0 Å². The molecule has 0 spiro atoms. The zero-order chi connectivity index (χ0) is 11.9. The molecule has 2 nitrogen and oxygen atoms in total. The second-order valence-corrected chi connectivity index (χ2v) is 5.47. The van der Waals surface area contributed by atoms with E-state index in [0.717, 1.165) is 0 Å². The molecule has 1 aromatic heterocycles. The smallest absolute Gasteiger partial charge is 0.0460 e. The van der Waals surface area contributed by atoms with Crippen molar-refractivity contribution >= 4 is 16.5 Å². The Hall–Kier alpha value is -1.54.